The van der Waals surface area contributed by atoms with Gasteiger partial charge in [0.25, 0.3) is 0 Å². The van der Waals surface area contributed by atoms with Gasteiger partial charge in [-0.25, -0.2) is 0 Å². The fourth-order valence-corrected chi connectivity index (χ4v) is 18.8. The van der Waals surface area contributed by atoms with Gasteiger partial charge in [-0.3, -0.25) is 20.0 Å². The first-order valence-electron chi connectivity index (χ1n) is 43.5. The summed E-state index contributed by atoms with van der Waals surface area (Å²) in [7, 11) is 0. The molecular formula is C105H124N4. The number of hydrogen-bond donors (Lipinski definition) is 0. The topological polar surface area (TPSA) is 50.5 Å². The van der Waals surface area contributed by atoms with Crippen LogP contribution < -0.4 is 10.7 Å². The molecule has 0 atom stereocenters. The van der Waals surface area contributed by atoms with E-state index in [-0.39, 0.29) is 10.8 Å². The second-order valence-corrected chi connectivity index (χ2v) is 32.4. The van der Waals surface area contributed by atoms with Crippen LogP contribution >= 0.6 is 0 Å². The quantitative estimate of drug-likeness (QED) is 0.0357. The van der Waals surface area contributed by atoms with Crippen molar-refractivity contribution in [1.82, 2.24) is 9.97 Å². The highest BCUT2D eigenvalue weighted by atomic mass is 15.0. The van der Waals surface area contributed by atoms with Crippen molar-refractivity contribution in [3.63, 3.8) is 0 Å². The van der Waals surface area contributed by atoms with Crippen molar-refractivity contribution in [2.75, 3.05) is 6.67 Å². The van der Waals surface area contributed by atoms with Crippen LogP contribution in [0.4, 0.5) is 0 Å². The molecule has 0 bridgehead atoms. The molecule has 4 heteroatoms. The highest BCUT2D eigenvalue weighted by molar-refractivity contribution is 5.94. The molecule has 1 aliphatic heterocycles. The lowest BCUT2D eigenvalue weighted by Crippen LogP contribution is -2.27. The highest BCUT2D eigenvalue weighted by Crippen LogP contribution is 2.58. The molecule has 10 aromatic rings. The minimum absolute atomic E-state index is 0.121. The van der Waals surface area contributed by atoms with E-state index in [4.69, 9.17) is 9.98 Å². The van der Waals surface area contributed by atoms with Gasteiger partial charge in [-0.05, 0) is 198 Å². The molecule has 0 saturated heterocycles. The van der Waals surface area contributed by atoms with Crippen molar-refractivity contribution in [2.45, 2.75) is 270 Å². The summed E-state index contributed by atoms with van der Waals surface area (Å²) in [6.45, 7) is 9.80. The van der Waals surface area contributed by atoms with Crippen LogP contribution in [0.25, 0.3) is 102 Å². The normalized spacial score (nSPS) is 13.5. The Morgan fingerprint density at radius 3 is 0.881 bits per heavy atom. The Kier molecular flexibility index (Phi) is 28.9. The fraction of sp³-hybridized carbons (Fsp3) is 0.410. The Morgan fingerprint density at radius 1 is 0.248 bits per heavy atom. The molecule has 2 aromatic heterocycles. The largest absolute Gasteiger partial charge is 0.265 e. The second kappa shape index (κ2) is 40.2. The molecule has 3 heterocycles. The molecule has 3 aliphatic rings. The molecule has 0 N–H and O–H groups in total. The maximum atomic E-state index is 5.18. The van der Waals surface area contributed by atoms with Gasteiger partial charge in [-0.2, -0.15) is 0 Å². The summed E-state index contributed by atoms with van der Waals surface area (Å²) < 4.78 is 0. The SMILES string of the molecule is CCCCCCCCCCC1(CCCCCCCCCC)c2cc(-c3ccccc3)ccc2-c2ccc(-c3cc(/C=C/c4ccncc4)c(-c4ccc5c(c4)C(CCCCCCCCCC)(CCCCCCCCCC)c4cc(-c6ccc(-c7ccccc7)c7c6=NCN=7)ccc4-5)cc3/C=C/c3ccncc3)cc21. The Labute approximate surface area is 656 Å². The van der Waals surface area contributed by atoms with Crippen LogP contribution in [-0.4, -0.2) is 16.6 Å². The predicted octanol–water partition coefficient (Wildman–Crippen LogP) is 30.0. The Morgan fingerprint density at radius 2 is 0.532 bits per heavy atom. The summed E-state index contributed by atoms with van der Waals surface area (Å²) in [5, 5.41) is 2.05. The Balaban J connectivity index is 0.964. The lowest BCUT2D eigenvalue weighted by molar-refractivity contribution is 0.397. The van der Waals surface area contributed by atoms with Gasteiger partial charge in [0.05, 0.1) is 10.7 Å². The first kappa shape index (κ1) is 78.3. The number of fused-ring (bicyclic) bond motifs is 7. The number of unbranched alkanes of at least 4 members (excludes halogenated alkanes) is 28. The third-order valence-corrected chi connectivity index (χ3v) is 24.8. The number of benzene rings is 8. The summed E-state index contributed by atoms with van der Waals surface area (Å²) in [5.41, 5.74) is 28.6. The van der Waals surface area contributed by atoms with Gasteiger partial charge in [0.15, 0.2) is 0 Å². The van der Waals surface area contributed by atoms with E-state index in [1.807, 2.05) is 24.8 Å². The molecule has 0 spiro atoms. The zero-order valence-electron chi connectivity index (χ0n) is 66.9. The van der Waals surface area contributed by atoms with E-state index in [0.29, 0.717) is 6.67 Å². The molecule has 8 aromatic carbocycles. The third kappa shape index (κ3) is 19.3. The standard InChI is InChI=1S/C105H124N4/c1-5-9-13-17-21-25-29-39-65-104(66-40-30-26-22-18-14-10-6-2)98-75-84(82-43-35-33-36-44-82)51-55-92(98)94-57-53-88(77-100(94)104)96-73-86(50-48-81-63-71-107-72-64-81)97(74-85(96)49-47-80-61-69-106-70-62-80)89-54-58-95-93-56-52-87(91-60-59-90(83-45-37-34-38-46-83)102-103(91)109-79-108-102)76-99(93)105(101(95)78-89,67-41-31-27-23-19-15-11-7-3)68-42-32-28-24-20-16-12-8-4/h33-38,43-64,69-78H,5-32,39-42,65-68,79H2,1-4H3/b49-47+,50-48+. The predicted molar refractivity (Wildman–Crippen MR) is 468 cm³/mol. The molecule has 13 rings (SSSR count). The molecule has 0 amide bonds. The molecule has 4 nitrogen and oxygen atoms in total. The maximum Gasteiger partial charge on any atom is 0.130 e. The van der Waals surface area contributed by atoms with Gasteiger partial charge in [0.1, 0.15) is 6.67 Å². The first-order valence-corrected chi connectivity index (χ1v) is 43.5. The summed E-state index contributed by atoms with van der Waals surface area (Å²) in [5.74, 6) is 0. The van der Waals surface area contributed by atoms with E-state index in [0.717, 1.165) is 53.1 Å². The lowest BCUT2D eigenvalue weighted by atomic mass is 9.69. The first-order chi connectivity index (χ1) is 53.9. The van der Waals surface area contributed by atoms with Crippen molar-refractivity contribution in [1.29, 1.82) is 0 Å². The van der Waals surface area contributed by atoms with Gasteiger partial charge < -0.3 is 0 Å². The average molecular weight is 1440 g/mol. The maximum absolute atomic E-state index is 5.18. The van der Waals surface area contributed by atoms with E-state index in [1.54, 1.807) is 5.56 Å². The number of nitrogens with zero attached hydrogens (tertiary/aromatic N) is 4. The zero-order chi connectivity index (χ0) is 74.7. The van der Waals surface area contributed by atoms with Crippen molar-refractivity contribution in [3.8, 4) is 77.9 Å². The minimum Gasteiger partial charge on any atom is -0.265 e. The Bertz CT molecular complexity index is 4670. The van der Waals surface area contributed by atoms with Crippen LogP contribution in [0.5, 0.6) is 0 Å². The smallest absolute Gasteiger partial charge is 0.130 e. The molecule has 109 heavy (non-hydrogen) atoms. The van der Waals surface area contributed by atoms with Crippen LogP contribution in [0.2, 0.25) is 0 Å². The molecule has 0 fully saturated rings. The zero-order valence-corrected chi connectivity index (χ0v) is 66.9. The number of hydrogen-bond acceptors (Lipinski definition) is 4. The third-order valence-electron chi connectivity index (χ3n) is 24.8. The number of rotatable bonds is 45. The average Bonchev–Trinajstić information content (AvgIpc) is 1.57. The summed E-state index contributed by atoms with van der Waals surface area (Å²) in [6.07, 6.45) is 63.5. The van der Waals surface area contributed by atoms with E-state index in [1.165, 1.54) is 306 Å². The molecular weight excluding hydrogens is 1320 g/mol. The van der Waals surface area contributed by atoms with Gasteiger partial charge in [0.2, 0.25) is 0 Å². The van der Waals surface area contributed by atoms with E-state index in [9.17, 15) is 0 Å². The van der Waals surface area contributed by atoms with Crippen LogP contribution in [0.15, 0.2) is 217 Å². The summed E-state index contributed by atoms with van der Waals surface area (Å²) in [4.78, 5) is 19.3. The second-order valence-electron chi connectivity index (χ2n) is 32.4. The van der Waals surface area contributed by atoms with E-state index < -0.39 is 0 Å². The van der Waals surface area contributed by atoms with Crippen molar-refractivity contribution >= 4 is 24.3 Å². The molecule has 564 valence electrons. The monoisotopic (exact) mass is 1440 g/mol. The number of aromatic nitrogens is 2. The van der Waals surface area contributed by atoms with Crippen LogP contribution in [-0.2, 0) is 10.8 Å². The summed E-state index contributed by atoms with van der Waals surface area (Å²) >= 11 is 0. The van der Waals surface area contributed by atoms with Crippen molar-refractivity contribution in [2.24, 2.45) is 9.98 Å². The molecule has 0 unspecified atom stereocenters. The van der Waals surface area contributed by atoms with Crippen LogP contribution in [0.3, 0.4) is 0 Å². The van der Waals surface area contributed by atoms with Gasteiger partial charge in [-0.1, -0.05) is 379 Å². The molecule has 0 saturated carbocycles. The molecule has 0 radical (unpaired) electrons. The number of pyridine rings is 2. The van der Waals surface area contributed by atoms with Gasteiger partial charge in [0, 0.05) is 46.7 Å². The molecule has 2 aliphatic carbocycles. The van der Waals surface area contributed by atoms with E-state index >= 15 is 0 Å². The Hall–Kier alpha value is -8.86. The van der Waals surface area contributed by atoms with E-state index in [2.05, 4.69) is 244 Å². The van der Waals surface area contributed by atoms with Crippen LogP contribution in [0, 0.1) is 0 Å². The van der Waals surface area contributed by atoms with Crippen molar-refractivity contribution < 1.29 is 0 Å². The fourth-order valence-electron chi connectivity index (χ4n) is 18.8. The lowest BCUT2D eigenvalue weighted by Gasteiger charge is -2.34. The van der Waals surface area contributed by atoms with Gasteiger partial charge in [-0.15, -0.1) is 0 Å². The van der Waals surface area contributed by atoms with Gasteiger partial charge >= 0.3 is 0 Å². The minimum atomic E-state index is -0.188. The highest BCUT2D eigenvalue weighted by Gasteiger charge is 2.45. The van der Waals surface area contributed by atoms with Crippen LogP contribution in [0.1, 0.15) is 303 Å². The van der Waals surface area contributed by atoms with Crippen molar-refractivity contribution in [3.05, 3.63) is 262 Å². The summed E-state index contributed by atoms with van der Waals surface area (Å²) in [6, 6.07) is 70.8.